The van der Waals surface area contributed by atoms with Gasteiger partial charge in [0.1, 0.15) is 0 Å². The molecule has 0 saturated heterocycles. The van der Waals surface area contributed by atoms with Crippen LogP contribution >= 0.6 is 0 Å². The maximum absolute atomic E-state index is 12.1. The van der Waals surface area contributed by atoms with Crippen LogP contribution in [0.15, 0.2) is 24.3 Å². The Bertz CT molecular complexity index is 652. The van der Waals surface area contributed by atoms with Gasteiger partial charge in [0, 0.05) is 19.0 Å². The first-order chi connectivity index (χ1) is 11.4. The molecule has 6 heteroatoms. The molecule has 1 aromatic carbocycles. The summed E-state index contributed by atoms with van der Waals surface area (Å²) in [4.78, 5) is 12.1. The fourth-order valence-electron chi connectivity index (χ4n) is 3.24. The van der Waals surface area contributed by atoms with Crippen LogP contribution in [0.1, 0.15) is 50.5 Å². The molecule has 0 unspecified atom stereocenters. The van der Waals surface area contributed by atoms with E-state index in [1.54, 1.807) is 6.07 Å². The minimum Gasteiger partial charge on any atom is -0.353 e. The van der Waals surface area contributed by atoms with Gasteiger partial charge in [-0.15, -0.1) is 0 Å². The van der Waals surface area contributed by atoms with Crippen molar-refractivity contribution in [2.45, 2.75) is 57.9 Å². The van der Waals surface area contributed by atoms with E-state index >= 15 is 0 Å². The van der Waals surface area contributed by atoms with Crippen molar-refractivity contribution in [3.05, 3.63) is 29.8 Å². The zero-order chi connectivity index (χ0) is 17.6. The van der Waals surface area contributed by atoms with Crippen molar-refractivity contribution in [2.75, 3.05) is 17.1 Å². The summed E-state index contributed by atoms with van der Waals surface area (Å²) in [6, 6.07) is 7.71. The van der Waals surface area contributed by atoms with E-state index in [9.17, 15) is 13.2 Å². The number of carbonyl (C=O) groups is 1. The van der Waals surface area contributed by atoms with E-state index in [4.69, 9.17) is 0 Å². The van der Waals surface area contributed by atoms with Crippen molar-refractivity contribution in [1.82, 2.24) is 5.32 Å². The Morgan fingerprint density at radius 2 is 1.88 bits per heavy atom. The lowest BCUT2D eigenvalue weighted by Gasteiger charge is -2.25. The first-order valence-corrected chi connectivity index (χ1v) is 10.6. The molecule has 1 fully saturated rings. The van der Waals surface area contributed by atoms with Crippen LogP contribution < -0.4 is 9.62 Å². The highest BCUT2D eigenvalue weighted by Crippen LogP contribution is 2.22. The van der Waals surface area contributed by atoms with Crippen molar-refractivity contribution in [2.24, 2.45) is 0 Å². The quantitative estimate of drug-likeness (QED) is 0.820. The van der Waals surface area contributed by atoms with E-state index in [2.05, 4.69) is 5.32 Å². The molecule has 0 atom stereocenters. The molecule has 2 rings (SSSR count). The second kappa shape index (κ2) is 8.51. The highest BCUT2D eigenvalue weighted by atomic mass is 32.2. The number of benzene rings is 1. The van der Waals surface area contributed by atoms with Crippen LogP contribution in [0.25, 0.3) is 0 Å². The highest BCUT2D eigenvalue weighted by Gasteiger charge is 2.20. The summed E-state index contributed by atoms with van der Waals surface area (Å²) in [7, 11) is -3.36. The molecule has 0 heterocycles. The summed E-state index contributed by atoms with van der Waals surface area (Å²) in [6.07, 6.45) is 7.82. The van der Waals surface area contributed by atoms with Crippen molar-refractivity contribution in [1.29, 1.82) is 0 Å². The number of hydrogen-bond donors (Lipinski definition) is 1. The number of rotatable bonds is 7. The number of para-hydroxylation sites is 1. The number of aryl methyl sites for hydroxylation is 1. The molecule has 1 aliphatic carbocycles. The SMILES string of the molecule is Cc1ccccc1N(CCCC(=O)NC1CCCCC1)S(C)(=O)=O. The van der Waals surface area contributed by atoms with Crippen LogP contribution in [0.3, 0.4) is 0 Å². The second-order valence-electron chi connectivity index (χ2n) is 6.63. The number of nitrogens with one attached hydrogen (secondary N) is 1. The Labute approximate surface area is 145 Å². The molecular weight excluding hydrogens is 324 g/mol. The van der Waals surface area contributed by atoms with Crippen molar-refractivity contribution >= 4 is 21.6 Å². The number of carbonyl (C=O) groups excluding carboxylic acids is 1. The van der Waals surface area contributed by atoms with Gasteiger partial charge in [0.2, 0.25) is 15.9 Å². The van der Waals surface area contributed by atoms with Crippen LogP contribution in [-0.4, -0.2) is 33.2 Å². The summed E-state index contributed by atoms with van der Waals surface area (Å²) in [5.74, 6) is 0.0279. The van der Waals surface area contributed by atoms with E-state index in [-0.39, 0.29) is 5.91 Å². The Balaban J connectivity index is 1.89. The molecule has 0 aliphatic heterocycles. The average Bonchev–Trinajstić information content (AvgIpc) is 2.52. The van der Waals surface area contributed by atoms with Crippen molar-refractivity contribution in [3.8, 4) is 0 Å². The zero-order valence-corrected chi connectivity index (χ0v) is 15.4. The predicted molar refractivity (Wildman–Crippen MR) is 97.6 cm³/mol. The molecule has 1 aliphatic rings. The lowest BCUT2D eigenvalue weighted by atomic mass is 9.95. The van der Waals surface area contributed by atoms with Gasteiger partial charge >= 0.3 is 0 Å². The van der Waals surface area contributed by atoms with E-state index in [1.807, 2.05) is 25.1 Å². The third-order valence-corrected chi connectivity index (χ3v) is 5.70. The number of nitrogens with zero attached hydrogens (tertiary/aromatic N) is 1. The molecule has 5 nitrogen and oxygen atoms in total. The minimum atomic E-state index is -3.36. The molecule has 0 aromatic heterocycles. The van der Waals surface area contributed by atoms with Crippen molar-refractivity contribution in [3.63, 3.8) is 0 Å². The molecule has 24 heavy (non-hydrogen) atoms. The third-order valence-electron chi connectivity index (χ3n) is 4.52. The Morgan fingerprint density at radius 1 is 1.21 bits per heavy atom. The molecular formula is C18H28N2O3S. The number of amides is 1. The molecule has 0 radical (unpaired) electrons. The molecule has 0 bridgehead atoms. The normalized spacial score (nSPS) is 15.9. The molecule has 0 spiro atoms. The fourth-order valence-corrected chi connectivity index (χ4v) is 4.26. The van der Waals surface area contributed by atoms with E-state index in [0.29, 0.717) is 31.1 Å². The first-order valence-electron chi connectivity index (χ1n) is 8.70. The Morgan fingerprint density at radius 3 is 2.50 bits per heavy atom. The molecule has 1 aromatic rings. The maximum atomic E-state index is 12.1. The monoisotopic (exact) mass is 352 g/mol. The van der Waals surface area contributed by atoms with E-state index < -0.39 is 10.0 Å². The third kappa shape index (κ3) is 5.51. The summed E-state index contributed by atoms with van der Waals surface area (Å²) in [6.45, 7) is 2.21. The summed E-state index contributed by atoms with van der Waals surface area (Å²) < 4.78 is 25.6. The van der Waals surface area contributed by atoms with Crippen molar-refractivity contribution < 1.29 is 13.2 Å². The second-order valence-corrected chi connectivity index (χ2v) is 8.53. The van der Waals surface area contributed by atoms with Gasteiger partial charge in [-0.25, -0.2) is 8.42 Å². The van der Waals surface area contributed by atoms with Gasteiger partial charge in [-0.3, -0.25) is 9.10 Å². The van der Waals surface area contributed by atoms with Gasteiger partial charge in [0.15, 0.2) is 0 Å². The lowest BCUT2D eigenvalue weighted by molar-refractivity contribution is -0.122. The smallest absolute Gasteiger partial charge is 0.232 e. The van der Waals surface area contributed by atoms with Gasteiger partial charge < -0.3 is 5.32 Å². The van der Waals surface area contributed by atoms with Gasteiger partial charge in [0.25, 0.3) is 0 Å². The minimum absolute atomic E-state index is 0.0279. The molecule has 1 N–H and O–H groups in total. The lowest BCUT2D eigenvalue weighted by Crippen LogP contribution is -2.37. The largest absolute Gasteiger partial charge is 0.353 e. The van der Waals surface area contributed by atoms with Gasteiger partial charge in [-0.1, -0.05) is 37.5 Å². The maximum Gasteiger partial charge on any atom is 0.232 e. The van der Waals surface area contributed by atoms with Gasteiger partial charge in [-0.05, 0) is 37.8 Å². The topological polar surface area (TPSA) is 66.5 Å². The number of hydrogen-bond acceptors (Lipinski definition) is 3. The van der Waals surface area contributed by atoms with E-state index in [1.165, 1.54) is 29.8 Å². The van der Waals surface area contributed by atoms with E-state index in [0.717, 1.165) is 18.4 Å². The molecule has 1 amide bonds. The zero-order valence-electron chi connectivity index (χ0n) is 14.6. The summed E-state index contributed by atoms with van der Waals surface area (Å²) in [5.41, 5.74) is 1.60. The summed E-state index contributed by atoms with van der Waals surface area (Å²) >= 11 is 0. The molecule has 134 valence electrons. The van der Waals surface area contributed by atoms with Gasteiger partial charge in [0.05, 0.1) is 11.9 Å². The molecule has 1 saturated carbocycles. The number of anilines is 1. The standard InChI is InChI=1S/C18H28N2O3S/c1-15-9-6-7-12-17(15)20(24(2,22)23)14-8-13-18(21)19-16-10-4-3-5-11-16/h6-7,9,12,16H,3-5,8,10-11,13-14H2,1-2H3,(H,19,21). The van der Waals surface area contributed by atoms with Crippen LogP contribution in [0.5, 0.6) is 0 Å². The number of sulfonamides is 1. The summed E-state index contributed by atoms with van der Waals surface area (Å²) in [5, 5.41) is 3.08. The Kier molecular flexibility index (Phi) is 6.66. The predicted octanol–water partition coefficient (Wildman–Crippen LogP) is 2.99. The van der Waals surface area contributed by atoms with Gasteiger partial charge in [-0.2, -0.15) is 0 Å². The van der Waals surface area contributed by atoms with Crippen LogP contribution in [-0.2, 0) is 14.8 Å². The fraction of sp³-hybridized carbons (Fsp3) is 0.611. The van der Waals surface area contributed by atoms with Crippen LogP contribution in [0, 0.1) is 6.92 Å². The Hall–Kier alpha value is -1.56. The first kappa shape index (κ1) is 18.8. The average molecular weight is 353 g/mol. The van der Waals surface area contributed by atoms with Crippen LogP contribution in [0.4, 0.5) is 5.69 Å². The highest BCUT2D eigenvalue weighted by molar-refractivity contribution is 7.92. The van der Waals surface area contributed by atoms with Crippen LogP contribution in [0.2, 0.25) is 0 Å².